The molecule has 3 aromatic rings. The maximum atomic E-state index is 14.0. The maximum Gasteiger partial charge on any atom is 0.408 e. The van der Waals surface area contributed by atoms with Gasteiger partial charge in [0.2, 0.25) is 5.91 Å². The molecule has 0 saturated carbocycles. The number of esters is 1. The van der Waals surface area contributed by atoms with Gasteiger partial charge in [-0.1, -0.05) is 103 Å². The highest BCUT2D eigenvalue weighted by Gasteiger charge is 2.55. The lowest BCUT2D eigenvalue weighted by Gasteiger charge is -2.49. The first-order valence-electron chi connectivity index (χ1n) is 15.0. The van der Waals surface area contributed by atoms with Crippen LogP contribution in [0.3, 0.4) is 0 Å². The van der Waals surface area contributed by atoms with Crippen LogP contribution in [0.15, 0.2) is 114 Å². The first-order valence-corrected chi connectivity index (χ1v) is 16.1. The van der Waals surface area contributed by atoms with Gasteiger partial charge in [-0.05, 0) is 50.0 Å². The molecule has 0 bridgehead atoms. The molecular weight excluding hydrogens is 602 g/mol. The zero-order chi connectivity index (χ0) is 32.8. The lowest BCUT2D eigenvalue weighted by molar-refractivity contribution is -0.154. The molecule has 2 aliphatic heterocycles. The van der Waals surface area contributed by atoms with Crippen LogP contribution >= 0.6 is 11.8 Å². The predicted octanol–water partition coefficient (Wildman–Crippen LogP) is 5.82. The average molecular weight is 640 g/mol. The lowest BCUT2D eigenvalue weighted by Crippen LogP contribution is -2.71. The van der Waals surface area contributed by atoms with Crippen molar-refractivity contribution in [2.75, 3.05) is 5.75 Å². The minimum absolute atomic E-state index is 0.153. The van der Waals surface area contributed by atoms with Crippen molar-refractivity contribution in [3.63, 3.8) is 0 Å². The lowest BCUT2D eigenvalue weighted by atomic mass is 9.99. The number of thioether (sulfide) groups is 1. The van der Waals surface area contributed by atoms with Crippen LogP contribution in [0, 0.1) is 0 Å². The van der Waals surface area contributed by atoms with Crippen LogP contribution < -0.4 is 10.6 Å². The third-order valence-electron chi connectivity index (χ3n) is 7.34. The molecule has 1 fully saturated rings. The van der Waals surface area contributed by atoms with E-state index in [4.69, 9.17) is 9.47 Å². The van der Waals surface area contributed by atoms with Gasteiger partial charge < -0.3 is 20.1 Å². The fraction of sp³-hybridized carbons (Fsp3) is 0.278. The van der Waals surface area contributed by atoms with E-state index < -0.39 is 53.0 Å². The van der Waals surface area contributed by atoms with Crippen molar-refractivity contribution in [1.82, 2.24) is 15.5 Å². The highest BCUT2D eigenvalue weighted by atomic mass is 32.2. The van der Waals surface area contributed by atoms with Crippen molar-refractivity contribution in [2.45, 2.75) is 56.9 Å². The molecule has 238 valence electrons. The summed E-state index contributed by atoms with van der Waals surface area (Å²) in [6.45, 7) is 7.02. The molecule has 0 spiro atoms. The van der Waals surface area contributed by atoms with Gasteiger partial charge in [-0.25, -0.2) is 9.59 Å². The smallest absolute Gasteiger partial charge is 0.408 e. The normalized spacial score (nSPS) is 18.5. The van der Waals surface area contributed by atoms with Crippen LogP contribution in [-0.2, 0) is 23.9 Å². The number of hydrogen-bond acceptors (Lipinski definition) is 7. The summed E-state index contributed by atoms with van der Waals surface area (Å²) in [5.41, 5.74) is 2.15. The SMILES string of the molecule is C/C=C\C1=C(C(=O)OC(c2ccccc2)c2ccccc2)N2C(=O)[C@@H](NC(=O)C(NC(=O)OC(C)(C)C)c3ccccc3)[C@H]2SC1. The summed E-state index contributed by atoms with van der Waals surface area (Å²) in [5.74, 6) is -1.23. The summed E-state index contributed by atoms with van der Waals surface area (Å²) in [7, 11) is 0. The minimum Gasteiger partial charge on any atom is -0.448 e. The Hall–Kier alpha value is -4.83. The number of allylic oxidation sites excluding steroid dienone is 2. The Kier molecular flexibility index (Phi) is 9.96. The summed E-state index contributed by atoms with van der Waals surface area (Å²) < 4.78 is 11.5. The van der Waals surface area contributed by atoms with Gasteiger partial charge in [0.25, 0.3) is 5.91 Å². The number of carbonyl (C=O) groups excluding carboxylic acids is 4. The number of ether oxygens (including phenoxy) is 2. The van der Waals surface area contributed by atoms with Gasteiger partial charge in [-0.2, -0.15) is 0 Å². The molecule has 3 amide bonds. The first-order chi connectivity index (χ1) is 22.1. The fourth-order valence-electron chi connectivity index (χ4n) is 5.32. The van der Waals surface area contributed by atoms with Gasteiger partial charge in [0.05, 0.1) is 0 Å². The van der Waals surface area contributed by atoms with E-state index in [-0.39, 0.29) is 5.70 Å². The zero-order valence-electron chi connectivity index (χ0n) is 26.1. The monoisotopic (exact) mass is 639 g/mol. The molecule has 1 saturated heterocycles. The number of carbonyl (C=O) groups is 4. The Morgan fingerprint density at radius 2 is 1.43 bits per heavy atom. The van der Waals surface area contributed by atoms with Crippen LogP contribution in [0.2, 0.25) is 0 Å². The Morgan fingerprint density at radius 1 is 0.891 bits per heavy atom. The molecule has 2 N–H and O–H groups in total. The second-order valence-electron chi connectivity index (χ2n) is 11.9. The molecule has 3 aromatic carbocycles. The molecule has 10 heteroatoms. The fourth-order valence-corrected chi connectivity index (χ4v) is 6.63. The highest BCUT2D eigenvalue weighted by Crippen LogP contribution is 2.42. The van der Waals surface area contributed by atoms with Crippen molar-refractivity contribution < 1.29 is 28.7 Å². The topological polar surface area (TPSA) is 114 Å². The number of benzene rings is 3. The van der Waals surface area contributed by atoms with Gasteiger partial charge in [-0.3, -0.25) is 14.5 Å². The maximum absolute atomic E-state index is 14.0. The van der Waals surface area contributed by atoms with Gasteiger partial charge >= 0.3 is 12.1 Å². The molecule has 3 atom stereocenters. The third kappa shape index (κ3) is 7.34. The number of β-lactam (4-membered cyclic amide) rings is 1. The standard InChI is InChI=1S/C36H37N3O6S/c1-5-15-26-22-46-33-28(37-31(40)27(23-16-9-6-10-17-23)38-35(43)45-36(2,3)4)32(41)39(33)29(26)34(42)44-30(24-18-11-7-12-19-24)25-20-13-8-14-21-25/h5-21,27-28,30,33H,22H2,1-4H3,(H,37,40)(H,38,43)/b15-5-/t27?,28-,33-/m1/s1. The number of nitrogens with one attached hydrogen (secondary N) is 2. The predicted molar refractivity (Wildman–Crippen MR) is 176 cm³/mol. The number of alkyl carbamates (subject to hydrolysis) is 1. The molecule has 46 heavy (non-hydrogen) atoms. The summed E-state index contributed by atoms with van der Waals surface area (Å²) in [5, 5.41) is 4.91. The van der Waals surface area contributed by atoms with E-state index in [1.807, 2.05) is 73.7 Å². The second kappa shape index (κ2) is 14.1. The number of amides is 3. The third-order valence-corrected chi connectivity index (χ3v) is 8.64. The molecule has 0 radical (unpaired) electrons. The Balaban J connectivity index is 1.37. The van der Waals surface area contributed by atoms with Gasteiger partial charge in [0.15, 0.2) is 6.10 Å². The number of hydrogen-bond donors (Lipinski definition) is 2. The quantitative estimate of drug-likeness (QED) is 0.224. The van der Waals surface area contributed by atoms with E-state index in [2.05, 4.69) is 10.6 Å². The Bertz CT molecular complexity index is 1600. The molecule has 0 aliphatic carbocycles. The number of fused-ring (bicyclic) bond motifs is 1. The number of rotatable bonds is 9. The number of nitrogens with zero attached hydrogens (tertiary/aromatic N) is 1. The zero-order valence-corrected chi connectivity index (χ0v) is 27.0. The molecule has 2 heterocycles. The van der Waals surface area contributed by atoms with Crippen LogP contribution in [-0.4, -0.2) is 51.5 Å². The summed E-state index contributed by atoms with van der Waals surface area (Å²) in [6, 6.07) is 25.6. The molecular formula is C36H37N3O6S. The summed E-state index contributed by atoms with van der Waals surface area (Å²) >= 11 is 1.44. The second-order valence-corrected chi connectivity index (χ2v) is 13.0. The molecule has 5 rings (SSSR count). The Labute approximate surface area is 273 Å². The average Bonchev–Trinajstić information content (AvgIpc) is 3.05. The highest BCUT2D eigenvalue weighted by molar-refractivity contribution is 8.00. The molecule has 9 nitrogen and oxygen atoms in total. The van der Waals surface area contributed by atoms with Crippen molar-refractivity contribution >= 4 is 35.6 Å². The largest absolute Gasteiger partial charge is 0.448 e. The summed E-state index contributed by atoms with van der Waals surface area (Å²) in [6.07, 6.45) is 2.15. The minimum atomic E-state index is -1.11. The van der Waals surface area contributed by atoms with E-state index in [0.717, 1.165) is 11.1 Å². The molecule has 1 unspecified atom stereocenters. The van der Waals surface area contributed by atoms with Crippen LogP contribution in [0.1, 0.15) is 56.5 Å². The van der Waals surface area contributed by atoms with Crippen molar-refractivity contribution in [1.29, 1.82) is 0 Å². The van der Waals surface area contributed by atoms with Crippen molar-refractivity contribution in [3.05, 3.63) is 131 Å². The Morgan fingerprint density at radius 3 is 1.96 bits per heavy atom. The van der Waals surface area contributed by atoms with Crippen LogP contribution in [0.25, 0.3) is 0 Å². The van der Waals surface area contributed by atoms with E-state index in [9.17, 15) is 19.2 Å². The van der Waals surface area contributed by atoms with Crippen LogP contribution in [0.5, 0.6) is 0 Å². The van der Waals surface area contributed by atoms with Gasteiger partial charge in [0, 0.05) is 5.75 Å². The van der Waals surface area contributed by atoms with Crippen molar-refractivity contribution in [3.8, 4) is 0 Å². The van der Waals surface area contributed by atoms with Gasteiger partial charge in [0.1, 0.15) is 28.8 Å². The van der Waals surface area contributed by atoms with E-state index in [1.54, 1.807) is 57.2 Å². The summed E-state index contributed by atoms with van der Waals surface area (Å²) in [4.78, 5) is 55.4. The van der Waals surface area contributed by atoms with E-state index in [0.29, 0.717) is 16.9 Å². The van der Waals surface area contributed by atoms with Crippen molar-refractivity contribution in [2.24, 2.45) is 0 Å². The molecule has 0 aromatic heterocycles. The van der Waals surface area contributed by atoms with Crippen LogP contribution in [0.4, 0.5) is 4.79 Å². The molecule has 2 aliphatic rings. The van der Waals surface area contributed by atoms with Gasteiger partial charge in [-0.15, -0.1) is 11.8 Å². The van der Waals surface area contributed by atoms with E-state index in [1.165, 1.54) is 16.7 Å². The first kappa shape index (κ1) is 32.6. The van der Waals surface area contributed by atoms with E-state index >= 15 is 0 Å².